The van der Waals surface area contributed by atoms with Crippen molar-refractivity contribution in [1.82, 2.24) is 14.5 Å². The third-order valence-corrected chi connectivity index (χ3v) is 7.89. The standard InChI is InChI=1S/C26H31N7O2S/c1-31(36(2,34)35)24-6-4-3-5-20(24)18-33-14-11-19-17-28-26(30-25(19)33)29-22-7-9-23(10-8-22)32-15-12-21(27)13-16-32/h3-11,14,17,21H,12-13,15-16,18,27H2,1-2H3,(H,28,29,30). The first-order chi connectivity index (χ1) is 17.3. The molecule has 36 heavy (non-hydrogen) atoms. The van der Waals surface area contributed by atoms with Gasteiger partial charge in [0.15, 0.2) is 0 Å². The molecule has 0 atom stereocenters. The molecule has 0 radical (unpaired) electrons. The van der Waals surface area contributed by atoms with Crippen LogP contribution < -0.4 is 20.3 Å². The molecule has 9 nitrogen and oxygen atoms in total. The summed E-state index contributed by atoms with van der Waals surface area (Å²) in [6, 6.07) is 18.0. The van der Waals surface area contributed by atoms with E-state index in [-0.39, 0.29) is 0 Å². The summed E-state index contributed by atoms with van der Waals surface area (Å²) in [5, 5.41) is 4.21. The first kappa shape index (κ1) is 24.1. The van der Waals surface area contributed by atoms with Crippen LogP contribution in [-0.2, 0) is 16.6 Å². The fraction of sp³-hybridized carbons (Fsp3) is 0.308. The molecule has 0 spiro atoms. The molecule has 0 amide bonds. The van der Waals surface area contributed by atoms with Crippen LogP contribution >= 0.6 is 0 Å². The summed E-state index contributed by atoms with van der Waals surface area (Å²) >= 11 is 0. The third-order valence-electron chi connectivity index (χ3n) is 6.70. The Hall–Kier alpha value is -3.63. The number of benzene rings is 2. The van der Waals surface area contributed by atoms with Crippen molar-refractivity contribution in [3.8, 4) is 0 Å². The van der Waals surface area contributed by atoms with Crippen molar-refractivity contribution < 1.29 is 8.42 Å². The van der Waals surface area contributed by atoms with Gasteiger partial charge in [-0.3, -0.25) is 4.31 Å². The molecule has 3 heterocycles. The van der Waals surface area contributed by atoms with E-state index in [1.54, 1.807) is 13.2 Å². The monoisotopic (exact) mass is 505 g/mol. The summed E-state index contributed by atoms with van der Waals surface area (Å²) in [5.41, 5.74) is 10.4. The third kappa shape index (κ3) is 5.14. The van der Waals surface area contributed by atoms with Crippen molar-refractivity contribution in [2.75, 3.05) is 40.9 Å². The van der Waals surface area contributed by atoms with E-state index < -0.39 is 10.0 Å². The molecule has 5 rings (SSSR count). The second kappa shape index (κ2) is 9.79. The van der Waals surface area contributed by atoms with Crippen molar-refractivity contribution >= 4 is 44.1 Å². The number of fused-ring (bicyclic) bond motifs is 1. The zero-order chi connectivity index (χ0) is 25.3. The number of hydrogen-bond donors (Lipinski definition) is 2. The van der Waals surface area contributed by atoms with Gasteiger partial charge >= 0.3 is 0 Å². The van der Waals surface area contributed by atoms with Gasteiger partial charge in [-0.25, -0.2) is 13.4 Å². The number of aromatic nitrogens is 3. The summed E-state index contributed by atoms with van der Waals surface area (Å²) < 4.78 is 27.6. The van der Waals surface area contributed by atoms with Crippen molar-refractivity contribution in [1.29, 1.82) is 0 Å². The zero-order valence-electron chi connectivity index (χ0n) is 20.5. The highest BCUT2D eigenvalue weighted by molar-refractivity contribution is 7.92. The molecule has 0 unspecified atom stereocenters. The highest BCUT2D eigenvalue weighted by Crippen LogP contribution is 2.26. The number of piperidine rings is 1. The van der Waals surface area contributed by atoms with Gasteiger partial charge in [0.05, 0.1) is 18.5 Å². The van der Waals surface area contributed by atoms with Crippen LogP contribution in [0, 0.1) is 0 Å². The van der Waals surface area contributed by atoms with Crippen LogP contribution in [0.25, 0.3) is 11.0 Å². The quantitative estimate of drug-likeness (QED) is 0.395. The summed E-state index contributed by atoms with van der Waals surface area (Å²) in [7, 11) is -1.81. The van der Waals surface area contributed by atoms with E-state index in [4.69, 9.17) is 10.7 Å². The molecule has 1 fully saturated rings. The molecule has 0 bridgehead atoms. The Balaban J connectivity index is 1.35. The maximum Gasteiger partial charge on any atom is 0.232 e. The molecular weight excluding hydrogens is 474 g/mol. The Morgan fingerprint density at radius 1 is 1.08 bits per heavy atom. The minimum atomic E-state index is -3.37. The Morgan fingerprint density at radius 2 is 1.81 bits per heavy atom. The Kier molecular flexibility index (Phi) is 6.55. The van der Waals surface area contributed by atoms with Gasteiger partial charge < -0.3 is 20.5 Å². The molecule has 0 saturated carbocycles. The number of nitrogens with one attached hydrogen (secondary N) is 1. The fourth-order valence-electron chi connectivity index (χ4n) is 4.51. The minimum absolute atomic E-state index is 0.308. The van der Waals surface area contributed by atoms with Crippen LogP contribution in [-0.4, -0.2) is 55.4 Å². The molecule has 0 aliphatic carbocycles. The van der Waals surface area contributed by atoms with E-state index >= 15 is 0 Å². The van der Waals surface area contributed by atoms with Crippen LogP contribution in [0.3, 0.4) is 0 Å². The van der Waals surface area contributed by atoms with E-state index in [1.165, 1.54) is 16.2 Å². The summed E-state index contributed by atoms with van der Waals surface area (Å²) in [5.74, 6) is 0.501. The zero-order valence-corrected chi connectivity index (χ0v) is 21.3. The van der Waals surface area contributed by atoms with Gasteiger partial charge in [-0.15, -0.1) is 0 Å². The fourth-order valence-corrected chi connectivity index (χ4v) is 5.05. The lowest BCUT2D eigenvalue weighted by Gasteiger charge is -2.32. The van der Waals surface area contributed by atoms with Crippen LogP contribution in [0.1, 0.15) is 18.4 Å². The van der Waals surface area contributed by atoms with Crippen LogP contribution in [0.15, 0.2) is 67.0 Å². The van der Waals surface area contributed by atoms with E-state index in [1.807, 2.05) is 53.2 Å². The number of nitrogens with two attached hydrogens (primary N) is 1. The van der Waals surface area contributed by atoms with Gasteiger partial charge in [0.1, 0.15) is 5.65 Å². The first-order valence-electron chi connectivity index (χ1n) is 12.0. The molecule has 188 valence electrons. The highest BCUT2D eigenvalue weighted by atomic mass is 32.2. The topological polar surface area (TPSA) is 109 Å². The number of anilines is 4. The maximum absolute atomic E-state index is 12.1. The van der Waals surface area contributed by atoms with Gasteiger partial charge in [0, 0.05) is 55.3 Å². The van der Waals surface area contributed by atoms with Crippen LogP contribution in [0.4, 0.5) is 23.0 Å². The molecule has 2 aromatic carbocycles. The average Bonchev–Trinajstić information content (AvgIpc) is 3.26. The van der Waals surface area contributed by atoms with E-state index in [0.29, 0.717) is 24.2 Å². The Bertz CT molecular complexity index is 1460. The molecule has 1 aliphatic rings. The first-order valence-corrected chi connectivity index (χ1v) is 13.8. The van der Waals surface area contributed by atoms with Gasteiger partial charge in [-0.2, -0.15) is 4.98 Å². The second-order valence-electron chi connectivity index (χ2n) is 9.27. The molecule has 1 aliphatic heterocycles. The van der Waals surface area contributed by atoms with Gasteiger partial charge in [-0.1, -0.05) is 18.2 Å². The summed E-state index contributed by atoms with van der Waals surface area (Å²) in [4.78, 5) is 11.6. The second-order valence-corrected chi connectivity index (χ2v) is 11.3. The van der Waals surface area contributed by atoms with Crippen LogP contribution in [0.5, 0.6) is 0 Å². The Labute approximate surface area is 211 Å². The summed E-state index contributed by atoms with van der Waals surface area (Å²) in [6.07, 6.45) is 6.97. The van der Waals surface area contributed by atoms with Crippen molar-refractivity contribution in [3.63, 3.8) is 0 Å². The predicted octanol–water partition coefficient (Wildman–Crippen LogP) is 3.55. The number of rotatable bonds is 7. The molecular formula is C26H31N7O2S. The molecule has 1 saturated heterocycles. The normalized spacial score (nSPS) is 14.8. The van der Waals surface area contributed by atoms with Crippen molar-refractivity contribution in [3.05, 3.63) is 72.6 Å². The lowest BCUT2D eigenvalue weighted by molar-refractivity contribution is 0.501. The van der Waals surface area contributed by atoms with E-state index in [9.17, 15) is 8.42 Å². The molecule has 4 aromatic rings. The molecule has 2 aromatic heterocycles. The molecule has 10 heteroatoms. The minimum Gasteiger partial charge on any atom is -0.371 e. The smallest absolute Gasteiger partial charge is 0.232 e. The largest absolute Gasteiger partial charge is 0.371 e. The van der Waals surface area contributed by atoms with Crippen LogP contribution in [0.2, 0.25) is 0 Å². The number of hydrogen-bond acceptors (Lipinski definition) is 7. The SMILES string of the molecule is CN(c1ccccc1Cn1ccc2cnc(Nc3ccc(N4CCC(N)CC4)cc3)nc21)S(C)(=O)=O. The predicted molar refractivity (Wildman–Crippen MR) is 145 cm³/mol. The number of para-hydroxylation sites is 1. The highest BCUT2D eigenvalue weighted by Gasteiger charge is 2.17. The summed E-state index contributed by atoms with van der Waals surface area (Å²) in [6.45, 7) is 2.44. The lowest BCUT2D eigenvalue weighted by atomic mass is 10.1. The number of sulfonamides is 1. The Morgan fingerprint density at radius 3 is 2.53 bits per heavy atom. The number of nitrogens with zero attached hydrogens (tertiary/aromatic N) is 5. The lowest BCUT2D eigenvalue weighted by Crippen LogP contribution is -2.39. The maximum atomic E-state index is 12.1. The van der Waals surface area contributed by atoms with Gasteiger partial charge in [-0.05, 0) is 54.8 Å². The average molecular weight is 506 g/mol. The van der Waals surface area contributed by atoms with Gasteiger partial charge in [0.25, 0.3) is 0 Å². The van der Waals surface area contributed by atoms with Gasteiger partial charge in [0.2, 0.25) is 16.0 Å². The van der Waals surface area contributed by atoms with Crippen molar-refractivity contribution in [2.24, 2.45) is 5.73 Å². The molecule has 3 N–H and O–H groups in total. The van der Waals surface area contributed by atoms with Crippen molar-refractivity contribution in [2.45, 2.75) is 25.4 Å². The van der Waals surface area contributed by atoms with E-state index in [0.717, 1.165) is 48.2 Å². The van der Waals surface area contributed by atoms with E-state index in [2.05, 4.69) is 27.3 Å².